The van der Waals surface area contributed by atoms with Crippen molar-refractivity contribution in [1.82, 2.24) is 4.98 Å². The molecule has 1 aliphatic carbocycles. The predicted octanol–water partition coefficient (Wildman–Crippen LogP) is 5.08. The van der Waals surface area contributed by atoms with Gasteiger partial charge in [-0.1, -0.05) is 15.9 Å². The fourth-order valence-corrected chi connectivity index (χ4v) is 4.82. The molecule has 6 heteroatoms. The number of thiophene rings is 1. The van der Waals surface area contributed by atoms with Crippen LogP contribution in [0.1, 0.15) is 39.3 Å². The van der Waals surface area contributed by atoms with E-state index in [1.54, 1.807) is 0 Å². The smallest absolute Gasteiger partial charge is 0.267 e. The highest BCUT2D eigenvalue weighted by Gasteiger charge is 2.24. The molecule has 2 aromatic heterocycles. The Morgan fingerprint density at radius 1 is 1.20 bits per heavy atom. The Morgan fingerprint density at radius 3 is 2.60 bits per heavy atom. The zero-order valence-electron chi connectivity index (χ0n) is 13.9. The summed E-state index contributed by atoms with van der Waals surface area (Å²) in [5, 5.41) is 3.92. The second-order valence-corrected chi connectivity index (χ2v) is 8.26. The number of benzene rings is 1. The Labute approximate surface area is 158 Å². The summed E-state index contributed by atoms with van der Waals surface area (Å²) in [6, 6.07) is 7.50. The molecule has 0 saturated heterocycles. The summed E-state index contributed by atoms with van der Waals surface area (Å²) in [6.45, 7) is 2.06. The lowest BCUT2D eigenvalue weighted by Crippen LogP contribution is -2.12. The van der Waals surface area contributed by atoms with Crippen LogP contribution in [-0.4, -0.2) is 10.9 Å². The van der Waals surface area contributed by atoms with Crippen molar-refractivity contribution in [1.29, 1.82) is 0 Å². The molecule has 3 N–H and O–H groups in total. The fraction of sp³-hybridized carbons (Fsp3) is 0.263. The number of hydrogen-bond acceptors (Lipinski definition) is 4. The first-order valence-corrected chi connectivity index (χ1v) is 9.93. The van der Waals surface area contributed by atoms with E-state index in [0.29, 0.717) is 10.6 Å². The van der Waals surface area contributed by atoms with Crippen molar-refractivity contribution in [2.24, 2.45) is 0 Å². The lowest BCUT2D eigenvalue weighted by atomic mass is 9.89. The van der Waals surface area contributed by atoms with Gasteiger partial charge in [0.2, 0.25) is 0 Å². The van der Waals surface area contributed by atoms with E-state index in [1.807, 2.05) is 24.3 Å². The summed E-state index contributed by atoms with van der Waals surface area (Å²) >= 11 is 4.78. The van der Waals surface area contributed by atoms with Crippen LogP contribution in [0.4, 0.5) is 11.4 Å². The van der Waals surface area contributed by atoms with Gasteiger partial charge in [0.15, 0.2) is 0 Å². The molecule has 2 heterocycles. The highest BCUT2D eigenvalue weighted by molar-refractivity contribution is 9.10. The first kappa shape index (κ1) is 16.5. The van der Waals surface area contributed by atoms with Gasteiger partial charge in [0.25, 0.3) is 5.91 Å². The molecule has 0 unspecified atom stereocenters. The maximum atomic E-state index is 12.7. The van der Waals surface area contributed by atoms with Crippen molar-refractivity contribution in [2.75, 3.05) is 11.1 Å². The molecule has 128 valence electrons. The van der Waals surface area contributed by atoms with Crippen molar-refractivity contribution in [3.63, 3.8) is 0 Å². The van der Waals surface area contributed by atoms with Gasteiger partial charge in [-0.15, -0.1) is 11.3 Å². The predicted molar refractivity (Wildman–Crippen MR) is 108 cm³/mol. The SMILES string of the molecule is Cc1nc2sc(C(=O)Nc3ccc(Br)cc3)c(N)c2c2c1CCCC2. The van der Waals surface area contributed by atoms with Crippen LogP contribution in [-0.2, 0) is 12.8 Å². The van der Waals surface area contributed by atoms with Crippen LogP contribution in [0.5, 0.6) is 0 Å². The van der Waals surface area contributed by atoms with E-state index < -0.39 is 0 Å². The van der Waals surface area contributed by atoms with Crippen LogP contribution in [0.25, 0.3) is 10.2 Å². The molecule has 4 nitrogen and oxygen atoms in total. The minimum absolute atomic E-state index is 0.176. The van der Waals surface area contributed by atoms with E-state index in [-0.39, 0.29) is 5.91 Å². The molecule has 0 spiro atoms. The minimum atomic E-state index is -0.176. The highest BCUT2D eigenvalue weighted by Crippen LogP contribution is 2.39. The number of nitrogen functional groups attached to an aromatic ring is 1. The Kier molecular flexibility index (Phi) is 4.25. The molecular formula is C19H18BrN3OS. The molecule has 0 atom stereocenters. The number of aromatic nitrogens is 1. The summed E-state index contributed by atoms with van der Waals surface area (Å²) in [4.78, 5) is 18.9. The summed E-state index contributed by atoms with van der Waals surface area (Å²) in [7, 11) is 0. The Hall–Kier alpha value is -1.92. The Balaban J connectivity index is 1.76. The van der Waals surface area contributed by atoms with E-state index >= 15 is 0 Å². The van der Waals surface area contributed by atoms with Crippen molar-refractivity contribution >= 4 is 54.8 Å². The van der Waals surface area contributed by atoms with Crippen LogP contribution >= 0.6 is 27.3 Å². The summed E-state index contributed by atoms with van der Waals surface area (Å²) < 4.78 is 0.971. The molecule has 25 heavy (non-hydrogen) atoms. The fourth-order valence-electron chi connectivity index (χ4n) is 3.49. The van der Waals surface area contributed by atoms with Gasteiger partial charge in [-0.25, -0.2) is 4.98 Å². The average molecular weight is 416 g/mol. The van der Waals surface area contributed by atoms with Gasteiger partial charge in [-0.2, -0.15) is 0 Å². The molecule has 3 aromatic rings. The van der Waals surface area contributed by atoms with Crippen molar-refractivity contribution in [2.45, 2.75) is 32.6 Å². The van der Waals surface area contributed by atoms with Crippen LogP contribution in [0.15, 0.2) is 28.7 Å². The standard InChI is InChI=1S/C19H18BrN3OS/c1-10-13-4-2-3-5-14(13)15-16(21)17(25-19(15)22-10)18(24)23-12-8-6-11(20)7-9-12/h6-9H,2-5,21H2,1H3,(H,23,24). The lowest BCUT2D eigenvalue weighted by molar-refractivity contribution is 0.103. The number of halogens is 1. The molecule has 0 radical (unpaired) electrons. The molecule has 0 bridgehead atoms. The number of nitrogens with zero attached hydrogens (tertiary/aromatic N) is 1. The van der Waals surface area contributed by atoms with Crippen molar-refractivity contribution in [3.8, 4) is 0 Å². The van der Waals surface area contributed by atoms with Gasteiger partial charge in [0.05, 0.1) is 5.69 Å². The molecule has 1 amide bonds. The van der Waals surface area contributed by atoms with Crippen LogP contribution in [0.2, 0.25) is 0 Å². The van der Waals surface area contributed by atoms with Gasteiger partial charge >= 0.3 is 0 Å². The summed E-state index contributed by atoms with van der Waals surface area (Å²) in [5.41, 5.74) is 11.4. The topological polar surface area (TPSA) is 68.0 Å². The Morgan fingerprint density at radius 2 is 1.88 bits per heavy atom. The van der Waals surface area contributed by atoms with Gasteiger partial charge in [0, 0.05) is 21.2 Å². The maximum Gasteiger partial charge on any atom is 0.267 e. The summed E-state index contributed by atoms with van der Waals surface area (Å²) in [6.07, 6.45) is 4.44. The van der Waals surface area contributed by atoms with Gasteiger partial charge in [0.1, 0.15) is 9.71 Å². The quantitative estimate of drug-likeness (QED) is 0.612. The van der Waals surface area contributed by atoms with Gasteiger partial charge in [-0.05, 0) is 68.0 Å². The number of fused-ring (bicyclic) bond motifs is 3. The lowest BCUT2D eigenvalue weighted by Gasteiger charge is -2.18. The minimum Gasteiger partial charge on any atom is -0.397 e. The van der Waals surface area contributed by atoms with E-state index in [1.165, 1.54) is 35.3 Å². The monoisotopic (exact) mass is 415 g/mol. The third kappa shape index (κ3) is 2.93. The van der Waals surface area contributed by atoms with Crippen LogP contribution in [0.3, 0.4) is 0 Å². The van der Waals surface area contributed by atoms with Crippen LogP contribution in [0, 0.1) is 6.92 Å². The van der Waals surface area contributed by atoms with Crippen molar-refractivity contribution in [3.05, 3.63) is 50.4 Å². The van der Waals surface area contributed by atoms with E-state index in [9.17, 15) is 4.79 Å². The van der Waals surface area contributed by atoms with Gasteiger partial charge in [-0.3, -0.25) is 4.79 Å². The largest absolute Gasteiger partial charge is 0.397 e. The van der Waals surface area contributed by atoms with E-state index in [4.69, 9.17) is 10.7 Å². The summed E-state index contributed by atoms with van der Waals surface area (Å²) in [5.74, 6) is -0.176. The van der Waals surface area contributed by atoms with E-state index in [0.717, 1.165) is 38.9 Å². The van der Waals surface area contributed by atoms with Crippen LogP contribution < -0.4 is 11.1 Å². The number of pyridine rings is 1. The first-order chi connectivity index (χ1) is 12.0. The number of carbonyl (C=O) groups is 1. The molecule has 1 aliphatic rings. The number of aryl methyl sites for hydroxylation is 2. The van der Waals surface area contributed by atoms with Crippen molar-refractivity contribution < 1.29 is 4.79 Å². The number of hydrogen-bond donors (Lipinski definition) is 2. The number of rotatable bonds is 2. The molecule has 0 fully saturated rings. The molecule has 4 rings (SSSR count). The van der Waals surface area contributed by atoms with E-state index in [2.05, 4.69) is 28.2 Å². The second kappa shape index (κ2) is 6.42. The number of anilines is 2. The number of amides is 1. The third-order valence-electron chi connectivity index (χ3n) is 4.71. The first-order valence-electron chi connectivity index (χ1n) is 8.32. The number of nitrogens with two attached hydrogens (primary N) is 1. The molecule has 0 aliphatic heterocycles. The zero-order chi connectivity index (χ0) is 17.6. The Bertz CT molecular complexity index is 979. The highest BCUT2D eigenvalue weighted by atomic mass is 79.9. The zero-order valence-corrected chi connectivity index (χ0v) is 16.3. The average Bonchev–Trinajstić information content (AvgIpc) is 2.94. The normalized spacial score (nSPS) is 13.7. The third-order valence-corrected chi connectivity index (χ3v) is 6.34. The number of nitrogens with one attached hydrogen (secondary N) is 1. The molecule has 0 saturated carbocycles. The molecule has 1 aromatic carbocycles. The number of carbonyl (C=O) groups excluding carboxylic acids is 1. The maximum absolute atomic E-state index is 12.7. The second-order valence-electron chi connectivity index (χ2n) is 6.35. The van der Waals surface area contributed by atoms with Gasteiger partial charge < -0.3 is 11.1 Å². The molecular weight excluding hydrogens is 398 g/mol.